The van der Waals surface area contributed by atoms with Crippen LogP contribution in [0.5, 0.6) is 0 Å². The van der Waals surface area contributed by atoms with Gasteiger partial charge in [0.2, 0.25) is 0 Å². The summed E-state index contributed by atoms with van der Waals surface area (Å²) in [4.78, 5) is 26.8. The van der Waals surface area contributed by atoms with Crippen molar-refractivity contribution in [2.75, 3.05) is 36.4 Å². The number of hydrogen-bond acceptors (Lipinski definition) is 4. The number of quaternary nitrogens is 1. The Morgan fingerprint density at radius 1 is 1.15 bits per heavy atom. The Labute approximate surface area is 158 Å². The van der Waals surface area contributed by atoms with Gasteiger partial charge in [0, 0.05) is 11.8 Å². The molecule has 0 bridgehead atoms. The summed E-state index contributed by atoms with van der Waals surface area (Å²) in [5, 5.41) is 13.8. The monoisotopic (exact) mass is 369 g/mol. The molecule has 0 aliphatic carbocycles. The number of nitro groups is 1. The average molecular weight is 369 g/mol. The summed E-state index contributed by atoms with van der Waals surface area (Å²) in [5.74, 6) is -0.191. The average Bonchev–Trinajstić information content (AvgIpc) is 2.68. The topological polar surface area (TPSA) is 79.9 Å². The third-order valence-electron chi connectivity index (χ3n) is 5.23. The number of benzene rings is 2. The van der Waals surface area contributed by atoms with E-state index in [1.807, 2.05) is 19.1 Å². The van der Waals surface area contributed by atoms with Crippen LogP contribution in [0.25, 0.3) is 0 Å². The van der Waals surface area contributed by atoms with E-state index in [1.54, 1.807) is 18.2 Å². The van der Waals surface area contributed by atoms with Gasteiger partial charge in [0.25, 0.3) is 11.6 Å². The molecule has 7 nitrogen and oxygen atoms in total. The summed E-state index contributed by atoms with van der Waals surface area (Å²) in [6.07, 6.45) is 0. The summed E-state index contributed by atoms with van der Waals surface area (Å²) >= 11 is 0. The molecule has 1 fully saturated rings. The number of nitrogens with zero attached hydrogens (tertiary/aromatic N) is 2. The van der Waals surface area contributed by atoms with Crippen molar-refractivity contribution >= 4 is 23.0 Å². The van der Waals surface area contributed by atoms with Crippen LogP contribution in [0.1, 0.15) is 12.5 Å². The van der Waals surface area contributed by atoms with Crippen LogP contribution >= 0.6 is 0 Å². The number of piperazine rings is 1. The van der Waals surface area contributed by atoms with Crippen LogP contribution < -0.4 is 15.1 Å². The minimum Gasteiger partial charge on any atom is -0.360 e. The van der Waals surface area contributed by atoms with Gasteiger partial charge in [-0.15, -0.1) is 0 Å². The molecule has 3 rings (SSSR count). The van der Waals surface area contributed by atoms with Crippen LogP contribution in [0.3, 0.4) is 0 Å². The van der Waals surface area contributed by atoms with Crippen LogP contribution in [-0.4, -0.2) is 43.1 Å². The van der Waals surface area contributed by atoms with E-state index in [2.05, 4.69) is 29.3 Å². The van der Waals surface area contributed by atoms with Crippen LogP contribution in [0, 0.1) is 17.0 Å². The van der Waals surface area contributed by atoms with Gasteiger partial charge in [0.15, 0.2) is 6.04 Å². The van der Waals surface area contributed by atoms with Gasteiger partial charge in [-0.25, -0.2) is 0 Å². The number of aryl methyl sites for hydroxylation is 1. The molecule has 0 spiro atoms. The SMILES string of the molecule is Cc1ccccc1N1CC[NH+]([C@@H](C)C(=O)Nc2ccccc2[N+](=O)[O-])CC1. The van der Waals surface area contributed by atoms with Gasteiger partial charge < -0.3 is 15.1 Å². The van der Waals surface area contributed by atoms with Gasteiger partial charge >= 0.3 is 0 Å². The van der Waals surface area contributed by atoms with Crippen molar-refractivity contribution in [3.05, 3.63) is 64.2 Å². The molecular formula is C20H25N4O3+. The van der Waals surface area contributed by atoms with E-state index in [9.17, 15) is 14.9 Å². The molecule has 2 aromatic carbocycles. The lowest BCUT2D eigenvalue weighted by molar-refractivity contribution is -0.914. The fourth-order valence-corrected chi connectivity index (χ4v) is 3.55. The maximum Gasteiger partial charge on any atom is 0.292 e. The third kappa shape index (κ3) is 4.25. The molecule has 0 saturated carbocycles. The van der Waals surface area contributed by atoms with E-state index in [0.717, 1.165) is 26.2 Å². The van der Waals surface area contributed by atoms with Crippen molar-refractivity contribution in [2.45, 2.75) is 19.9 Å². The number of nitrogens with one attached hydrogen (secondary N) is 2. The normalized spacial score (nSPS) is 16.0. The predicted octanol–water partition coefficient (Wildman–Crippen LogP) is 1.64. The zero-order valence-corrected chi connectivity index (χ0v) is 15.6. The number of carbonyl (C=O) groups is 1. The number of anilines is 2. The smallest absolute Gasteiger partial charge is 0.292 e. The largest absolute Gasteiger partial charge is 0.360 e. The molecule has 142 valence electrons. The highest BCUT2D eigenvalue weighted by atomic mass is 16.6. The second-order valence-corrected chi connectivity index (χ2v) is 6.92. The number of hydrogen-bond donors (Lipinski definition) is 2. The quantitative estimate of drug-likeness (QED) is 0.620. The first kappa shape index (κ1) is 18.8. The first-order valence-corrected chi connectivity index (χ1v) is 9.17. The van der Waals surface area contributed by atoms with Crippen molar-refractivity contribution < 1.29 is 14.6 Å². The predicted molar refractivity (Wildman–Crippen MR) is 105 cm³/mol. The van der Waals surface area contributed by atoms with E-state index >= 15 is 0 Å². The van der Waals surface area contributed by atoms with E-state index in [-0.39, 0.29) is 23.3 Å². The van der Waals surface area contributed by atoms with Crippen LogP contribution in [0.15, 0.2) is 48.5 Å². The summed E-state index contributed by atoms with van der Waals surface area (Å²) < 4.78 is 0. The molecule has 2 aromatic rings. The van der Waals surface area contributed by atoms with Crippen molar-refractivity contribution in [3.8, 4) is 0 Å². The van der Waals surface area contributed by atoms with Gasteiger partial charge in [-0.3, -0.25) is 14.9 Å². The van der Waals surface area contributed by atoms with E-state index in [1.165, 1.54) is 22.2 Å². The van der Waals surface area contributed by atoms with E-state index in [0.29, 0.717) is 0 Å². The highest BCUT2D eigenvalue weighted by Gasteiger charge is 2.30. The molecule has 0 radical (unpaired) electrons. The van der Waals surface area contributed by atoms with E-state index in [4.69, 9.17) is 0 Å². The van der Waals surface area contributed by atoms with E-state index < -0.39 is 4.92 Å². The fourth-order valence-electron chi connectivity index (χ4n) is 3.55. The Morgan fingerprint density at radius 2 is 1.78 bits per heavy atom. The molecule has 1 aliphatic rings. The number of nitro benzene ring substituents is 1. The van der Waals surface area contributed by atoms with Crippen LogP contribution in [-0.2, 0) is 4.79 Å². The van der Waals surface area contributed by atoms with Crippen molar-refractivity contribution in [2.24, 2.45) is 0 Å². The lowest BCUT2D eigenvalue weighted by Gasteiger charge is -2.36. The molecule has 1 heterocycles. The third-order valence-corrected chi connectivity index (χ3v) is 5.23. The molecule has 27 heavy (non-hydrogen) atoms. The zero-order valence-electron chi connectivity index (χ0n) is 15.6. The molecule has 1 atom stereocenters. The van der Waals surface area contributed by atoms with Gasteiger partial charge in [0.05, 0.1) is 31.1 Å². The molecular weight excluding hydrogens is 344 g/mol. The standard InChI is InChI=1S/C20H24N4O3/c1-15-7-3-5-9-18(15)23-13-11-22(12-14-23)16(2)20(25)21-17-8-4-6-10-19(17)24(26)27/h3-10,16H,11-14H2,1-2H3,(H,21,25)/p+1/t16-/m0/s1. The number of amides is 1. The Morgan fingerprint density at radius 3 is 2.44 bits per heavy atom. The summed E-state index contributed by atoms with van der Waals surface area (Å²) in [6.45, 7) is 7.44. The van der Waals surface area contributed by atoms with Gasteiger partial charge in [-0.2, -0.15) is 0 Å². The number of carbonyl (C=O) groups excluding carboxylic acids is 1. The Hall–Kier alpha value is -2.93. The number of para-hydroxylation sites is 3. The van der Waals surface area contributed by atoms with Crippen LogP contribution in [0.2, 0.25) is 0 Å². The molecule has 1 amide bonds. The highest BCUT2D eigenvalue weighted by Crippen LogP contribution is 2.23. The molecule has 0 aromatic heterocycles. The fraction of sp³-hybridized carbons (Fsp3) is 0.350. The first-order valence-electron chi connectivity index (χ1n) is 9.17. The van der Waals surface area contributed by atoms with Crippen LogP contribution in [0.4, 0.5) is 17.1 Å². The first-order chi connectivity index (χ1) is 13.0. The zero-order chi connectivity index (χ0) is 19.4. The summed E-state index contributed by atoms with van der Waals surface area (Å²) in [7, 11) is 0. The Kier molecular flexibility index (Phi) is 5.71. The number of rotatable bonds is 5. The van der Waals surface area contributed by atoms with Crippen molar-refractivity contribution in [1.29, 1.82) is 0 Å². The maximum atomic E-state index is 12.6. The van der Waals surface area contributed by atoms with Gasteiger partial charge in [0.1, 0.15) is 5.69 Å². The highest BCUT2D eigenvalue weighted by molar-refractivity contribution is 5.95. The summed E-state index contributed by atoms with van der Waals surface area (Å²) in [5.41, 5.74) is 2.66. The minimum absolute atomic E-state index is 0.0857. The second kappa shape index (κ2) is 8.18. The molecule has 7 heteroatoms. The van der Waals surface area contributed by atoms with Gasteiger partial charge in [-0.05, 0) is 31.5 Å². The maximum absolute atomic E-state index is 12.6. The molecule has 2 N–H and O–H groups in total. The Balaban J connectivity index is 1.61. The minimum atomic E-state index is -0.478. The Bertz CT molecular complexity index is 831. The summed E-state index contributed by atoms with van der Waals surface area (Å²) in [6, 6.07) is 14.3. The van der Waals surface area contributed by atoms with Crippen molar-refractivity contribution in [1.82, 2.24) is 0 Å². The van der Waals surface area contributed by atoms with Crippen molar-refractivity contribution in [3.63, 3.8) is 0 Å². The van der Waals surface area contributed by atoms with Gasteiger partial charge in [-0.1, -0.05) is 30.3 Å². The molecule has 1 saturated heterocycles. The lowest BCUT2D eigenvalue weighted by atomic mass is 10.1. The second-order valence-electron chi connectivity index (χ2n) is 6.92. The molecule has 0 unspecified atom stereocenters. The lowest BCUT2D eigenvalue weighted by Crippen LogP contribution is -3.19. The molecule has 1 aliphatic heterocycles.